The number of rotatable bonds is 2. The summed E-state index contributed by atoms with van der Waals surface area (Å²) in [6, 6.07) is 3.19. The van der Waals surface area contributed by atoms with E-state index in [-0.39, 0.29) is 16.6 Å². The highest BCUT2D eigenvalue weighted by atomic mass is 35.5. The van der Waals surface area contributed by atoms with E-state index in [1.54, 1.807) is 12.1 Å². The summed E-state index contributed by atoms with van der Waals surface area (Å²) in [4.78, 5) is 16.1. The molecule has 98 valence electrons. The molecule has 1 fully saturated rings. The number of hydrogen-bond acceptors (Lipinski definition) is 2. The van der Waals surface area contributed by atoms with Crippen LogP contribution in [0, 0.1) is 0 Å². The Morgan fingerprint density at radius 1 is 1.28 bits per heavy atom. The number of halogens is 2. The minimum atomic E-state index is -0.173. The SMILES string of the molecule is CC1(NC(=O)c2ccc(Cl)nc2Cl)CCCCC1. The molecule has 0 unspecified atom stereocenters. The van der Waals surface area contributed by atoms with Gasteiger partial charge in [-0.2, -0.15) is 0 Å². The molecular formula is C13H16Cl2N2O. The van der Waals surface area contributed by atoms with Crippen molar-refractivity contribution in [3.05, 3.63) is 28.0 Å². The zero-order valence-electron chi connectivity index (χ0n) is 10.3. The van der Waals surface area contributed by atoms with Gasteiger partial charge in [-0.1, -0.05) is 42.5 Å². The maximum absolute atomic E-state index is 12.2. The molecule has 0 atom stereocenters. The van der Waals surface area contributed by atoms with Crippen molar-refractivity contribution < 1.29 is 4.79 Å². The summed E-state index contributed by atoms with van der Waals surface area (Å²) in [6.07, 6.45) is 5.58. The summed E-state index contributed by atoms with van der Waals surface area (Å²) in [5.41, 5.74) is 0.256. The molecule has 1 saturated carbocycles. The maximum atomic E-state index is 12.2. The number of carbonyl (C=O) groups is 1. The van der Waals surface area contributed by atoms with Crippen molar-refractivity contribution in [3.63, 3.8) is 0 Å². The third-order valence-electron chi connectivity index (χ3n) is 3.43. The van der Waals surface area contributed by atoms with Crippen LogP contribution in [0.15, 0.2) is 12.1 Å². The largest absolute Gasteiger partial charge is 0.347 e. The first kappa shape index (κ1) is 13.6. The van der Waals surface area contributed by atoms with Crippen LogP contribution in [-0.2, 0) is 0 Å². The topological polar surface area (TPSA) is 42.0 Å². The van der Waals surface area contributed by atoms with Crippen LogP contribution in [0.3, 0.4) is 0 Å². The summed E-state index contributed by atoms with van der Waals surface area (Å²) < 4.78 is 0. The summed E-state index contributed by atoms with van der Waals surface area (Å²) in [6.45, 7) is 2.08. The number of aromatic nitrogens is 1. The van der Waals surface area contributed by atoms with E-state index in [2.05, 4.69) is 17.2 Å². The van der Waals surface area contributed by atoms with Crippen LogP contribution in [0.4, 0.5) is 0 Å². The zero-order chi connectivity index (χ0) is 13.2. The third kappa shape index (κ3) is 3.15. The Balaban J connectivity index is 2.11. The van der Waals surface area contributed by atoms with Gasteiger partial charge in [0.05, 0.1) is 5.56 Å². The van der Waals surface area contributed by atoms with Gasteiger partial charge in [0.2, 0.25) is 0 Å². The molecule has 0 saturated heterocycles. The van der Waals surface area contributed by atoms with Crippen molar-refractivity contribution in [2.24, 2.45) is 0 Å². The molecule has 1 aromatic rings. The molecule has 1 aliphatic carbocycles. The Hall–Kier alpha value is -0.800. The van der Waals surface area contributed by atoms with Crippen LogP contribution < -0.4 is 5.32 Å². The van der Waals surface area contributed by atoms with Crippen LogP contribution >= 0.6 is 23.2 Å². The zero-order valence-corrected chi connectivity index (χ0v) is 11.8. The van der Waals surface area contributed by atoms with Gasteiger partial charge in [0, 0.05) is 5.54 Å². The van der Waals surface area contributed by atoms with Gasteiger partial charge >= 0.3 is 0 Å². The summed E-state index contributed by atoms with van der Waals surface area (Å²) in [5.74, 6) is -0.173. The van der Waals surface area contributed by atoms with Crippen molar-refractivity contribution in [1.29, 1.82) is 0 Å². The average molecular weight is 287 g/mol. The Morgan fingerprint density at radius 3 is 2.56 bits per heavy atom. The van der Waals surface area contributed by atoms with E-state index in [9.17, 15) is 4.79 Å². The van der Waals surface area contributed by atoms with Gasteiger partial charge in [0.1, 0.15) is 10.3 Å². The first-order valence-electron chi connectivity index (χ1n) is 6.15. The fourth-order valence-corrected chi connectivity index (χ4v) is 2.81. The number of pyridine rings is 1. The molecule has 2 rings (SSSR count). The number of amides is 1. The van der Waals surface area contributed by atoms with Crippen LogP contribution in [0.5, 0.6) is 0 Å². The Morgan fingerprint density at radius 2 is 1.94 bits per heavy atom. The first-order chi connectivity index (χ1) is 8.50. The fourth-order valence-electron chi connectivity index (χ4n) is 2.38. The lowest BCUT2D eigenvalue weighted by molar-refractivity contribution is 0.0882. The van der Waals surface area contributed by atoms with E-state index in [4.69, 9.17) is 23.2 Å². The van der Waals surface area contributed by atoms with Gasteiger partial charge in [0.25, 0.3) is 5.91 Å². The summed E-state index contributed by atoms with van der Waals surface area (Å²) in [7, 11) is 0. The Labute approximate surface area is 117 Å². The summed E-state index contributed by atoms with van der Waals surface area (Å²) >= 11 is 11.6. The van der Waals surface area contributed by atoms with E-state index in [0.717, 1.165) is 25.7 Å². The molecule has 1 aliphatic rings. The monoisotopic (exact) mass is 286 g/mol. The van der Waals surface area contributed by atoms with Crippen LogP contribution in [-0.4, -0.2) is 16.4 Å². The van der Waals surface area contributed by atoms with Gasteiger partial charge in [-0.3, -0.25) is 4.79 Å². The van der Waals surface area contributed by atoms with Crippen molar-refractivity contribution >= 4 is 29.1 Å². The van der Waals surface area contributed by atoms with Gasteiger partial charge < -0.3 is 5.32 Å². The minimum Gasteiger partial charge on any atom is -0.347 e. The molecule has 1 N–H and O–H groups in total. The van der Waals surface area contributed by atoms with E-state index in [0.29, 0.717) is 10.7 Å². The normalized spacial score (nSPS) is 18.4. The third-order valence-corrected chi connectivity index (χ3v) is 3.93. The second kappa shape index (κ2) is 5.45. The van der Waals surface area contributed by atoms with E-state index in [1.165, 1.54) is 6.42 Å². The van der Waals surface area contributed by atoms with Crippen LogP contribution in [0.1, 0.15) is 49.4 Å². The molecule has 1 heterocycles. The van der Waals surface area contributed by atoms with Gasteiger partial charge in [-0.05, 0) is 31.9 Å². The van der Waals surface area contributed by atoms with E-state index < -0.39 is 0 Å². The smallest absolute Gasteiger partial charge is 0.254 e. The van der Waals surface area contributed by atoms with Gasteiger partial charge in [0.15, 0.2) is 0 Å². The molecule has 0 radical (unpaired) electrons. The molecular weight excluding hydrogens is 271 g/mol. The molecule has 1 amide bonds. The van der Waals surface area contributed by atoms with Crippen molar-refractivity contribution in [2.75, 3.05) is 0 Å². The number of carbonyl (C=O) groups excluding carboxylic acids is 1. The average Bonchev–Trinajstić information content (AvgIpc) is 2.28. The highest BCUT2D eigenvalue weighted by Crippen LogP contribution is 2.28. The van der Waals surface area contributed by atoms with E-state index >= 15 is 0 Å². The quantitative estimate of drug-likeness (QED) is 0.840. The molecule has 0 aliphatic heterocycles. The molecule has 18 heavy (non-hydrogen) atoms. The highest BCUT2D eigenvalue weighted by Gasteiger charge is 2.29. The highest BCUT2D eigenvalue weighted by molar-refractivity contribution is 6.34. The molecule has 1 aromatic heterocycles. The minimum absolute atomic E-state index is 0.127. The van der Waals surface area contributed by atoms with Crippen molar-refractivity contribution in [2.45, 2.75) is 44.6 Å². The van der Waals surface area contributed by atoms with E-state index in [1.807, 2.05) is 0 Å². The fraction of sp³-hybridized carbons (Fsp3) is 0.538. The number of hydrogen-bond donors (Lipinski definition) is 1. The molecule has 5 heteroatoms. The van der Waals surface area contributed by atoms with Gasteiger partial charge in [-0.15, -0.1) is 0 Å². The van der Waals surface area contributed by atoms with Crippen LogP contribution in [0.25, 0.3) is 0 Å². The molecule has 0 bridgehead atoms. The second-order valence-electron chi connectivity index (χ2n) is 5.05. The molecule has 3 nitrogen and oxygen atoms in total. The first-order valence-corrected chi connectivity index (χ1v) is 6.90. The maximum Gasteiger partial charge on any atom is 0.254 e. The van der Waals surface area contributed by atoms with Gasteiger partial charge in [-0.25, -0.2) is 4.98 Å². The Kier molecular flexibility index (Phi) is 4.13. The number of nitrogens with zero attached hydrogens (tertiary/aromatic N) is 1. The van der Waals surface area contributed by atoms with Crippen LogP contribution in [0.2, 0.25) is 10.3 Å². The molecule has 0 aromatic carbocycles. The predicted octanol–water partition coefficient (Wildman–Crippen LogP) is 3.84. The van der Waals surface area contributed by atoms with Crippen molar-refractivity contribution in [3.8, 4) is 0 Å². The standard InChI is InChI=1S/C13H16Cl2N2O/c1-13(7-3-2-4-8-13)17-12(18)9-5-6-10(14)16-11(9)15/h5-6H,2-4,7-8H2,1H3,(H,17,18). The van der Waals surface area contributed by atoms with Crippen molar-refractivity contribution in [1.82, 2.24) is 10.3 Å². The Bertz CT molecular complexity index is 456. The lowest BCUT2D eigenvalue weighted by atomic mass is 9.83. The number of nitrogens with one attached hydrogen (secondary N) is 1. The molecule has 0 spiro atoms. The lowest BCUT2D eigenvalue weighted by Crippen LogP contribution is -2.47. The lowest BCUT2D eigenvalue weighted by Gasteiger charge is -2.34. The second-order valence-corrected chi connectivity index (χ2v) is 5.79. The summed E-state index contributed by atoms with van der Waals surface area (Å²) in [5, 5.41) is 3.51. The predicted molar refractivity (Wildman–Crippen MR) is 73.2 cm³/mol.